The van der Waals surface area contributed by atoms with Crippen molar-refractivity contribution in [2.75, 3.05) is 32.6 Å². The van der Waals surface area contributed by atoms with Gasteiger partial charge in [-0.05, 0) is 12.1 Å². The average Bonchev–Trinajstić information content (AvgIpc) is 3.10. The van der Waals surface area contributed by atoms with E-state index >= 15 is 0 Å². The predicted molar refractivity (Wildman–Crippen MR) is 92.0 cm³/mol. The maximum atomic E-state index is 12.0. The van der Waals surface area contributed by atoms with E-state index in [1.165, 1.54) is 11.8 Å². The van der Waals surface area contributed by atoms with E-state index < -0.39 is 0 Å². The number of carbonyl (C=O) groups excluding carboxylic acids is 1. The van der Waals surface area contributed by atoms with Gasteiger partial charge in [-0.25, -0.2) is 0 Å². The topological polar surface area (TPSA) is 87.5 Å². The number of rotatable bonds is 8. The van der Waals surface area contributed by atoms with Crippen LogP contribution in [0.5, 0.6) is 11.5 Å². The standard InChI is InChI=1S/C16H20N4O4S/c1-22-7-6-20-11-18-19-16(20)25-10-15(21)17-8-12-9-23-13-4-2-3-5-14(13)24-12/h2-5,11-12H,6-10H2,1H3,(H,17,21)/t12-/m0/s1. The Morgan fingerprint density at radius 3 is 3.12 bits per heavy atom. The summed E-state index contributed by atoms with van der Waals surface area (Å²) in [7, 11) is 1.64. The summed E-state index contributed by atoms with van der Waals surface area (Å²) < 4.78 is 18.3. The Hall–Kier alpha value is -2.26. The van der Waals surface area contributed by atoms with E-state index in [4.69, 9.17) is 14.2 Å². The number of aromatic nitrogens is 3. The molecule has 0 unspecified atom stereocenters. The van der Waals surface area contributed by atoms with Crippen LogP contribution in [-0.2, 0) is 16.1 Å². The molecule has 1 aliphatic heterocycles. The molecule has 0 spiro atoms. The largest absolute Gasteiger partial charge is 0.486 e. The van der Waals surface area contributed by atoms with Gasteiger partial charge in [0.25, 0.3) is 0 Å². The van der Waals surface area contributed by atoms with Gasteiger partial charge in [-0.3, -0.25) is 4.79 Å². The lowest BCUT2D eigenvalue weighted by Gasteiger charge is -2.26. The first-order chi connectivity index (χ1) is 12.3. The summed E-state index contributed by atoms with van der Waals surface area (Å²) in [6.45, 7) is 2.03. The molecule has 8 nitrogen and oxygen atoms in total. The number of para-hydroxylation sites is 2. The fraction of sp³-hybridized carbons (Fsp3) is 0.438. The van der Waals surface area contributed by atoms with Gasteiger partial charge >= 0.3 is 0 Å². The molecule has 9 heteroatoms. The summed E-state index contributed by atoms with van der Waals surface area (Å²) in [6, 6.07) is 7.50. The lowest BCUT2D eigenvalue weighted by Crippen LogP contribution is -2.41. The molecular weight excluding hydrogens is 344 g/mol. The number of nitrogens with zero attached hydrogens (tertiary/aromatic N) is 3. The number of benzene rings is 1. The predicted octanol–water partition coefficient (Wildman–Crippen LogP) is 0.973. The first-order valence-electron chi connectivity index (χ1n) is 7.91. The number of methoxy groups -OCH3 is 1. The molecule has 1 aromatic heterocycles. The van der Waals surface area contributed by atoms with Crippen LogP contribution in [0.4, 0.5) is 0 Å². The molecule has 3 rings (SSSR count). The molecule has 1 aromatic carbocycles. The van der Waals surface area contributed by atoms with Crippen molar-refractivity contribution in [3.05, 3.63) is 30.6 Å². The van der Waals surface area contributed by atoms with E-state index in [2.05, 4.69) is 15.5 Å². The summed E-state index contributed by atoms with van der Waals surface area (Å²) in [4.78, 5) is 12.0. The number of fused-ring (bicyclic) bond motifs is 1. The zero-order chi connectivity index (χ0) is 17.5. The van der Waals surface area contributed by atoms with Crippen LogP contribution in [0.25, 0.3) is 0 Å². The van der Waals surface area contributed by atoms with Crippen LogP contribution in [0, 0.1) is 0 Å². The molecule has 0 radical (unpaired) electrons. The molecule has 1 atom stereocenters. The molecule has 134 valence electrons. The van der Waals surface area contributed by atoms with Crippen molar-refractivity contribution < 1.29 is 19.0 Å². The van der Waals surface area contributed by atoms with Crippen LogP contribution in [0.15, 0.2) is 35.7 Å². The molecule has 0 bridgehead atoms. The Morgan fingerprint density at radius 2 is 2.28 bits per heavy atom. The van der Waals surface area contributed by atoms with Crippen LogP contribution in [0.2, 0.25) is 0 Å². The fourth-order valence-electron chi connectivity index (χ4n) is 2.27. The maximum Gasteiger partial charge on any atom is 0.230 e. The third kappa shape index (κ3) is 4.86. The molecule has 2 aromatic rings. The minimum atomic E-state index is -0.200. The molecule has 1 amide bonds. The summed E-state index contributed by atoms with van der Waals surface area (Å²) in [5, 5.41) is 11.4. The van der Waals surface area contributed by atoms with Crippen molar-refractivity contribution in [1.82, 2.24) is 20.1 Å². The van der Waals surface area contributed by atoms with E-state index in [0.717, 1.165) is 5.75 Å². The molecular formula is C16H20N4O4S. The third-order valence-electron chi connectivity index (χ3n) is 3.54. The van der Waals surface area contributed by atoms with Crippen LogP contribution in [0.3, 0.4) is 0 Å². The monoisotopic (exact) mass is 364 g/mol. The summed E-state index contributed by atoms with van der Waals surface area (Å²) in [5.41, 5.74) is 0. The van der Waals surface area contributed by atoms with Gasteiger partial charge in [0.15, 0.2) is 16.7 Å². The number of amides is 1. The zero-order valence-corrected chi connectivity index (χ0v) is 14.7. The number of hydrogen-bond acceptors (Lipinski definition) is 7. The maximum absolute atomic E-state index is 12.0. The van der Waals surface area contributed by atoms with Crippen molar-refractivity contribution in [2.45, 2.75) is 17.8 Å². The molecule has 1 aliphatic rings. The lowest BCUT2D eigenvalue weighted by molar-refractivity contribution is -0.119. The van der Waals surface area contributed by atoms with Gasteiger partial charge in [-0.15, -0.1) is 10.2 Å². The highest BCUT2D eigenvalue weighted by Gasteiger charge is 2.21. The van der Waals surface area contributed by atoms with Crippen molar-refractivity contribution in [3.8, 4) is 11.5 Å². The van der Waals surface area contributed by atoms with E-state index in [-0.39, 0.29) is 17.8 Å². The van der Waals surface area contributed by atoms with Crippen molar-refractivity contribution in [3.63, 3.8) is 0 Å². The minimum Gasteiger partial charge on any atom is -0.486 e. The van der Waals surface area contributed by atoms with Crippen LogP contribution < -0.4 is 14.8 Å². The Bertz CT molecular complexity index is 709. The first-order valence-corrected chi connectivity index (χ1v) is 8.89. The highest BCUT2D eigenvalue weighted by molar-refractivity contribution is 7.99. The Labute approximate surface area is 149 Å². The van der Waals surface area contributed by atoms with E-state index in [0.29, 0.717) is 37.2 Å². The number of ether oxygens (including phenoxy) is 3. The lowest BCUT2D eigenvalue weighted by atomic mass is 10.2. The number of hydrogen-bond donors (Lipinski definition) is 1. The highest BCUT2D eigenvalue weighted by atomic mass is 32.2. The second kappa shape index (κ2) is 8.72. The van der Waals surface area contributed by atoms with Crippen LogP contribution in [0.1, 0.15) is 0 Å². The number of carbonyl (C=O) groups is 1. The highest BCUT2D eigenvalue weighted by Crippen LogP contribution is 2.30. The Balaban J connectivity index is 1.41. The minimum absolute atomic E-state index is 0.0891. The van der Waals surface area contributed by atoms with Crippen LogP contribution in [-0.4, -0.2) is 59.4 Å². The van der Waals surface area contributed by atoms with E-state index in [1.54, 1.807) is 13.4 Å². The van der Waals surface area contributed by atoms with E-state index in [1.807, 2.05) is 28.8 Å². The van der Waals surface area contributed by atoms with Gasteiger partial charge in [0.05, 0.1) is 18.9 Å². The van der Waals surface area contributed by atoms with Gasteiger partial charge in [0.1, 0.15) is 19.0 Å². The van der Waals surface area contributed by atoms with Crippen LogP contribution >= 0.6 is 11.8 Å². The van der Waals surface area contributed by atoms with Gasteiger partial charge in [0.2, 0.25) is 5.91 Å². The summed E-state index contributed by atoms with van der Waals surface area (Å²) in [5.74, 6) is 1.61. The Morgan fingerprint density at radius 1 is 1.44 bits per heavy atom. The Kier molecular flexibility index (Phi) is 6.13. The summed E-state index contributed by atoms with van der Waals surface area (Å²) in [6.07, 6.45) is 1.43. The van der Waals surface area contributed by atoms with Gasteiger partial charge in [-0.1, -0.05) is 23.9 Å². The van der Waals surface area contributed by atoms with Gasteiger partial charge in [-0.2, -0.15) is 0 Å². The number of thioether (sulfide) groups is 1. The molecule has 0 saturated heterocycles. The van der Waals surface area contributed by atoms with Crippen molar-refractivity contribution in [1.29, 1.82) is 0 Å². The second-order valence-electron chi connectivity index (χ2n) is 5.39. The average molecular weight is 364 g/mol. The fourth-order valence-corrected chi connectivity index (χ4v) is 3.04. The normalized spacial score (nSPS) is 15.8. The second-order valence-corrected chi connectivity index (χ2v) is 6.33. The number of nitrogens with one attached hydrogen (secondary N) is 1. The molecule has 1 N–H and O–H groups in total. The molecule has 0 saturated carbocycles. The molecule has 25 heavy (non-hydrogen) atoms. The van der Waals surface area contributed by atoms with Gasteiger partial charge < -0.3 is 24.1 Å². The van der Waals surface area contributed by atoms with Gasteiger partial charge in [0, 0.05) is 13.7 Å². The van der Waals surface area contributed by atoms with Crippen molar-refractivity contribution >= 4 is 17.7 Å². The smallest absolute Gasteiger partial charge is 0.230 e. The molecule has 2 heterocycles. The summed E-state index contributed by atoms with van der Waals surface area (Å²) >= 11 is 1.34. The SMILES string of the molecule is COCCn1cnnc1SCC(=O)NC[C@H]1COc2ccccc2O1. The first kappa shape index (κ1) is 17.6. The quantitative estimate of drug-likeness (QED) is 0.699. The van der Waals surface area contributed by atoms with E-state index in [9.17, 15) is 4.79 Å². The van der Waals surface area contributed by atoms with Crippen molar-refractivity contribution in [2.24, 2.45) is 0 Å². The molecule has 0 aliphatic carbocycles. The molecule has 0 fully saturated rings. The zero-order valence-electron chi connectivity index (χ0n) is 13.9. The third-order valence-corrected chi connectivity index (χ3v) is 4.52.